The van der Waals surface area contributed by atoms with E-state index in [2.05, 4.69) is 25.1 Å². The van der Waals surface area contributed by atoms with Crippen molar-refractivity contribution < 1.29 is 15.3 Å². The van der Waals surface area contributed by atoms with Crippen LogP contribution in [-0.4, -0.2) is 21.4 Å². The number of aryl methyl sites for hydroxylation is 3. The van der Waals surface area contributed by atoms with Crippen LogP contribution >= 0.6 is 0 Å². The van der Waals surface area contributed by atoms with E-state index in [0.717, 1.165) is 36.0 Å². The summed E-state index contributed by atoms with van der Waals surface area (Å²) < 4.78 is 0. The van der Waals surface area contributed by atoms with Gasteiger partial charge < -0.3 is 15.3 Å². The Bertz CT molecular complexity index is 762. The fourth-order valence-electron chi connectivity index (χ4n) is 3.14. The monoisotopic (exact) mass is 368 g/mol. The first-order valence-corrected chi connectivity index (χ1v) is 9.72. The topological polar surface area (TPSA) is 60.7 Å². The quantitative estimate of drug-likeness (QED) is 0.622. The molecule has 0 aliphatic heterocycles. The molecule has 3 heteroatoms. The maximum Gasteiger partial charge on any atom is 0.0747 e. The van der Waals surface area contributed by atoms with Crippen molar-refractivity contribution in [3.63, 3.8) is 0 Å². The van der Waals surface area contributed by atoms with Crippen LogP contribution in [0, 0.1) is 12.8 Å². The summed E-state index contributed by atoms with van der Waals surface area (Å²) in [5.41, 5.74) is 6.47. The van der Waals surface area contributed by atoms with Gasteiger partial charge in [-0.1, -0.05) is 62.4 Å². The van der Waals surface area contributed by atoms with Crippen molar-refractivity contribution >= 4 is 6.08 Å². The Morgan fingerprint density at radius 1 is 0.889 bits per heavy atom. The van der Waals surface area contributed by atoms with Crippen LogP contribution in [0.15, 0.2) is 42.5 Å². The Morgan fingerprint density at radius 2 is 1.52 bits per heavy atom. The summed E-state index contributed by atoms with van der Waals surface area (Å²) in [6.45, 7) is 6.04. The van der Waals surface area contributed by atoms with Gasteiger partial charge in [0.2, 0.25) is 0 Å². The van der Waals surface area contributed by atoms with Crippen LogP contribution < -0.4 is 0 Å². The highest BCUT2D eigenvalue weighted by Crippen LogP contribution is 2.18. The number of aliphatic hydroxyl groups is 3. The van der Waals surface area contributed by atoms with E-state index in [9.17, 15) is 15.3 Å². The average molecular weight is 369 g/mol. The van der Waals surface area contributed by atoms with E-state index in [1.807, 2.05) is 44.2 Å². The normalized spacial score (nSPS) is 12.9. The van der Waals surface area contributed by atoms with Crippen molar-refractivity contribution in [3.05, 3.63) is 75.9 Å². The van der Waals surface area contributed by atoms with Crippen molar-refractivity contribution in [2.75, 3.05) is 0 Å². The highest BCUT2D eigenvalue weighted by atomic mass is 16.3. The summed E-state index contributed by atoms with van der Waals surface area (Å²) in [5, 5.41) is 28.6. The number of hydrogen-bond donors (Lipinski definition) is 3. The smallest absolute Gasteiger partial charge is 0.0747 e. The van der Waals surface area contributed by atoms with Crippen LogP contribution in [0.2, 0.25) is 0 Å². The zero-order valence-electron chi connectivity index (χ0n) is 16.7. The zero-order chi connectivity index (χ0) is 19.8. The fourth-order valence-corrected chi connectivity index (χ4v) is 3.14. The highest BCUT2D eigenvalue weighted by Gasteiger charge is 2.06. The Morgan fingerprint density at radius 3 is 2.11 bits per heavy atom. The van der Waals surface area contributed by atoms with Gasteiger partial charge in [0, 0.05) is 0 Å². The van der Waals surface area contributed by atoms with Gasteiger partial charge in [0.25, 0.3) is 0 Å². The third kappa shape index (κ3) is 6.31. The van der Waals surface area contributed by atoms with Gasteiger partial charge in [-0.3, -0.25) is 0 Å². The summed E-state index contributed by atoms with van der Waals surface area (Å²) in [7, 11) is 0. The third-order valence-corrected chi connectivity index (χ3v) is 5.03. The van der Waals surface area contributed by atoms with E-state index in [-0.39, 0.29) is 19.1 Å². The number of rotatable bonds is 9. The highest BCUT2D eigenvalue weighted by molar-refractivity contribution is 5.54. The Kier molecular flexibility index (Phi) is 8.23. The molecule has 0 radical (unpaired) electrons. The second-order valence-electron chi connectivity index (χ2n) is 7.56. The van der Waals surface area contributed by atoms with Gasteiger partial charge in [-0.05, 0) is 65.5 Å². The number of benzene rings is 2. The molecule has 0 spiro atoms. The van der Waals surface area contributed by atoms with Crippen LogP contribution in [0.1, 0.15) is 53.6 Å². The van der Waals surface area contributed by atoms with Gasteiger partial charge in [0.05, 0.1) is 19.3 Å². The van der Waals surface area contributed by atoms with Crippen LogP contribution in [0.5, 0.6) is 0 Å². The second-order valence-corrected chi connectivity index (χ2v) is 7.56. The molecule has 0 aromatic heterocycles. The fraction of sp³-hybridized carbons (Fsp3) is 0.417. The molecule has 27 heavy (non-hydrogen) atoms. The van der Waals surface area contributed by atoms with Crippen molar-refractivity contribution in [3.8, 4) is 0 Å². The standard InChI is InChI=1S/C24H32O3/c1-17(2)24(27)12-11-21-9-7-19(13-18(21)3)5-4-6-20-8-10-22(15-25)23(14-20)16-26/h7-14,17,24-27H,4-6,15-16H2,1-3H3. The van der Waals surface area contributed by atoms with Gasteiger partial charge in [-0.15, -0.1) is 0 Å². The molecule has 0 fully saturated rings. The summed E-state index contributed by atoms with van der Waals surface area (Å²) in [4.78, 5) is 0. The van der Waals surface area contributed by atoms with Gasteiger partial charge in [-0.2, -0.15) is 0 Å². The summed E-state index contributed by atoms with van der Waals surface area (Å²) >= 11 is 0. The SMILES string of the molecule is Cc1cc(CCCc2ccc(CO)c(CO)c2)ccc1C=CC(O)C(C)C. The molecule has 0 aliphatic carbocycles. The molecule has 3 N–H and O–H groups in total. The molecule has 0 amide bonds. The van der Waals surface area contributed by atoms with E-state index in [0.29, 0.717) is 0 Å². The van der Waals surface area contributed by atoms with Crippen LogP contribution in [0.3, 0.4) is 0 Å². The molecule has 1 atom stereocenters. The lowest BCUT2D eigenvalue weighted by Crippen LogP contribution is -2.10. The van der Waals surface area contributed by atoms with Gasteiger partial charge in [0.15, 0.2) is 0 Å². The maximum atomic E-state index is 9.91. The summed E-state index contributed by atoms with van der Waals surface area (Å²) in [6.07, 6.45) is 6.43. The van der Waals surface area contributed by atoms with E-state index in [4.69, 9.17) is 0 Å². The minimum atomic E-state index is -0.412. The molecule has 1 unspecified atom stereocenters. The predicted molar refractivity (Wildman–Crippen MR) is 111 cm³/mol. The van der Waals surface area contributed by atoms with Crippen LogP contribution in [0.4, 0.5) is 0 Å². The first-order chi connectivity index (χ1) is 12.9. The molecule has 0 bridgehead atoms. The first kappa shape index (κ1) is 21.4. The summed E-state index contributed by atoms with van der Waals surface area (Å²) in [5.74, 6) is 0.221. The zero-order valence-corrected chi connectivity index (χ0v) is 16.7. The van der Waals surface area contributed by atoms with Crippen molar-refractivity contribution in [2.24, 2.45) is 5.92 Å². The molecular formula is C24H32O3. The second kappa shape index (κ2) is 10.4. The van der Waals surface area contributed by atoms with E-state index < -0.39 is 6.10 Å². The van der Waals surface area contributed by atoms with Crippen molar-refractivity contribution in [2.45, 2.75) is 59.4 Å². The van der Waals surface area contributed by atoms with E-state index in [1.165, 1.54) is 16.7 Å². The van der Waals surface area contributed by atoms with Crippen molar-refractivity contribution in [1.29, 1.82) is 0 Å². The Labute approximate surface area is 163 Å². The van der Waals surface area contributed by atoms with Crippen LogP contribution in [0.25, 0.3) is 6.08 Å². The lowest BCUT2D eigenvalue weighted by atomic mass is 9.97. The Balaban J connectivity index is 1.94. The number of aliphatic hydroxyl groups excluding tert-OH is 3. The molecule has 0 saturated heterocycles. The van der Waals surface area contributed by atoms with Gasteiger partial charge >= 0.3 is 0 Å². The minimum Gasteiger partial charge on any atom is -0.392 e. The Hall–Kier alpha value is -1.94. The molecule has 2 aromatic rings. The van der Waals surface area contributed by atoms with Crippen LogP contribution in [-0.2, 0) is 26.1 Å². The molecular weight excluding hydrogens is 336 g/mol. The third-order valence-electron chi connectivity index (χ3n) is 5.03. The first-order valence-electron chi connectivity index (χ1n) is 9.72. The molecule has 146 valence electrons. The molecule has 3 nitrogen and oxygen atoms in total. The molecule has 0 saturated carbocycles. The van der Waals surface area contributed by atoms with Gasteiger partial charge in [0.1, 0.15) is 0 Å². The largest absolute Gasteiger partial charge is 0.392 e. The number of hydrogen-bond acceptors (Lipinski definition) is 3. The van der Waals surface area contributed by atoms with Crippen molar-refractivity contribution in [1.82, 2.24) is 0 Å². The minimum absolute atomic E-state index is 0.0373. The molecule has 2 rings (SSSR count). The lowest BCUT2D eigenvalue weighted by Gasteiger charge is -2.10. The maximum absolute atomic E-state index is 9.91. The van der Waals surface area contributed by atoms with E-state index >= 15 is 0 Å². The van der Waals surface area contributed by atoms with Gasteiger partial charge in [-0.25, -0.2) is 0 Å². The summed E-state index contributed by atoms with van der Waals surface area (Å²) in [6, 6.07) is 12.4. The molecule has 2 aromatic carbocycles. The molecule has 0 heterocycles. The predicted octanol–water partition coefficient (Wildman–Crippen LogP) is 4.19. The van der Waals surface area contributed by atoms with E-state index in [1.54, 1.807) is 0 Å². The average Bonchev–Trinajstić information content (AvgIpc) is 2.66. The lowest BCUT2D eigenvalue weighted by molar-refractivity contribution is 0.173. The molecule has 0 aliphatic rings.